The first-order valence-corrected chi connectivity index (χ1v) is 5.32. The summed E-state index contributed by atoms with van der Waals surface area (Å²) >= 11 is 0. The number of nitrogens with zero attached hydrogens (tertiary/aromatic N) is 5. The fourth-order valence-corrected chi connectivity index (χ4v) is 1.58. The first kappa shape index (κ1) is 10.8. The molecular weight excluding hydrogens is 206 g/mol. The highest BCUT2D eigenvalue weighted by atomic mass is 16.3. The van der Waals surface area contributed by atoms with Crippen LogP contribution in [0.1, 0.15) is 18.3 Å². The van der Waals surface area contributed by atoms with Crippen molar-refractivity contribution < 1.29 is 5.11 Å². The maximum absolute atomic E-state index is 8.78. The third-order valence-electron chi connectivity index (χ3n) is 2.42. The van der Waals surface area contributed by atoms with Gasteiger partial charge in [-0.15, -0.1) is 5.10 Å². The monoisotopic (exact) mass is 221 g/mol. The maximum atomic E-state index is 8.78. The Morgan fingerprint density at radius 3 is 3.06 bits per heavy atom. The lowest BCUT2D eigenvalue weighted by molar-refractivity contribution is 0.298. The van der Waals surface area contributed by atoms with Gasteiger partial charge in [0.1, 0.15) is 0 Å². The molecule has 0 aliphatic heterocycles. The van der Waals surface area contributed by atoms with Gasteiger partial charge >= 0.3 is 0 Å². The molecule has 0 radical (unpaired) electrons. The molecule has 0 saturated carbocycles. The molecule has 0 bridgehead atoms. The maximum Gasteiger partial charge on any atom is 0.0948 e. The number of aromatic nitrogens is 5. The van der Waals surface area contributed by atoms with Crippen molar-refractivity contribution in [2.24, 2.45) is 0 Å². The van der Waals surface area contributed by atoms with E-state index in [4.69, 9.17) is 5.11 Å². The number of hydrogen-bond donors (Lipinski definition) is 1. The average molecular weight is 221 g/mol. The zero-order chi connectivity index (χ0) is 11.4. The van der Waals surface area contributed by atoms with Gasteiger partial charge in [-0.25, -0.2) is 9.67 Å². The Labute approximate surface area is 93.5 Å². The third-order valence-corrected chi connectivity index (χ3v) is 2.42. The lowest BCUT2D eigenvalue weighted by Crippen LogP contribution is -2.06. The lowest BCUT2D eigenvalue weighted by Gasteiger charge is -2.03. The van der Waals surface area contributed by atoms with Crippen LogP contribution in [0.4, 0.5) is 0 Å². The van der Waals surface area contributed by atoms with Gasteiger partial charge in [-0.1, -0.05) is 5.21 Å². The normalized spacial score (nSPS) is 10.9. The van der Waals surface area contributed by atoms with Gasteiger partial charge in [0.25, 0.3) is 0 Å². The van der Waals surface area contributed by atoms with Gasteiger partial charge in [0.15, 0.2) is 0 Å². The van der Waals surface area contributed by atoms with E-state index in [1.54, 1.807) is 11.0 Å². The Bertz CT molecular complexity index is 448. The number of imidazole rings is 1. The Balaban J connectivity index is 2.08. The largest absolute Gasteiger partial charge is 0.396 e. The molecule has 0 aliphatic carbocycles. The Hall–Kier alpha value is -1.69. The van der Waals surface area contributed by atoms with Crippen molar-refractivity contribution >= 4 is 0 Å². The molecule has 0 aliphatic rings. The van der Waals surface area contributed by atoms with Gasteiger partial charge in [0.05, 0.1) is 30.5 Å². The summed E-state index contributed by atoms with van der Waals surface area (Å²) in [6.45, 7) is 3.73. The molecule has 0 fully saturated rings. The Kier molecular flexibility index (Phi) is 3.31. The molecule has 0 saturated heterocycles. The molecule has 6 nitrogen and oxygen atoms in total. The third kappa shape index (κ3) is 2.27. The van der Waals surface area contributed by atoms with Gasteiger partial charge < -0.3 is 9.67 Å². The van der Waals surface area contributed by atoms with E-state index in [9.17, 15) is 0 Å². The summed E-state index contributed by atoms with van der Waals surface area (Å²) in [6, 6.07) is 0. The van der Waals surface area contributed by atoms with Crippen LogP contribution in [-0.2, 0) is 19.5 Å². The molecule has 2 rings (SSSR count). The van der Waals surface area contributed by atoms with Crippen LogP contribution in [-0.4, -0.2) is 36.3 Å². The van der Waals surface area contributed by atoms with Crippen LogP contribution >= 0.6 is 0 Å². The van der Waals surface area contributed by atoms with Crippen molar-refractivity contribution in [1.29, 1.82) is 0 Å². The molecule has 0 atom stereocenters. The summed E-state index contributed by atoms with van der Waals surface area (Å²) in [4.78, 5) is 4.09. The minimum atomic E-state index is 0.103. The van der Waals surface area contributed by atoms with Gasteiger partial charge in [0.2, 0.25) is 0 Å². The SMILES string of the molecule is CCn1cncc1Cn1cc(CCO)nn1. The van der Waals surface area contributed by atoms with Crippen molar-refractivity contribution in [1.82, 2.24) is 24.5 Å². The van der Waals surface area contributed by atoms with E-state index >= 15 is 0 Å². The number of aryl methyl sites for hydroxylation is 1. The van der Waals surface area contributed by atoms with E-state index in [0.29, 0.717) is 13.0 Å². The van der Waals surface area contributed by atoms with E-state index in [1.807, 2.05) is 12.4 Å². The second-order valence-corrected chi connectivity index (χ2v) is 3.55. The summed E-state index contributed by atoms with van der Waals surface area (Å²) in [6.07, 6.45) is 6.04. The van der Waals surface area contributed by atoms with Crippen LogP contribution in [0, 0.1) is 0 Å². The van der Waals surface area contributed by atoms with Crippen molar-refractivity contribution in [3.63, 3.8) is 0 Å². The number of aliphatic hydroxyl groups excluding tert-OH is 1. The van der Waals surface area contributed by atoms with Crippen LogP contribution < -0.4 is 0 Å². The molecule has 0 amide bonds. The minimum Gasteiger partial charge on any atom is -0.396 e. The first-order valence-electron chi connectivity index (χ1n) is 5.32. The zero-order valence-corrected chi connectivity index (χ0v) is 9.24. The van der Waals surface area contributed by atoms with Gasteiger partial charge in [-0.05, 0) is 6.92 Å². The summed E-state index contributed by atoms with van der Waals surface area (Å²) < 4.78 is 3.82. The summed E-state index contributed by atoms with van der Waals surface area (Å²) in [5.74, 6) is 0. The van der Waals surface area contributed by atoms with Gasteiger partial charge in [0, 0.05) is 25.8 Å². The van der Waals surface area contributed by atoms with Gasteiger partial charge in [-0.2, -0.15) is 0 Å². The highest BCUT2D eigenvalue weighted by Gasteiger charge is 2.04. The summed E-state index contributed by atoms with van der Waals surface area (Å²) in [5, 5.41) is 16.7. The van der Waals surface area contributed by atoms with Gasteiger partial charge in [-0.3, -0.25) is 0 Å². The lowest BCUT2D eigenvalue weighted by atomic mass is 10.3. The van der Waals surface area contributed by atoms with E-state index in [0.717, 1.165) is 17.9 Å². The molecule has 2 aromatic rings. The Morgan fingerprint density at radius 2 is 2.31 bits per heavy atom. The number of rotatable bonds is 5. The summed E-state index contributed by atoms with van der Waals surface area (Å²) in [7, 11) is 0. The quantitative estimate of drug-likeness (QED) is 0.776. The number of hydrogen-bond acceptors (Lipinski definition) is 4. The van der Waals surface area contributed by atoms with Crippen molar-refractivity contribution in [2.45, 2.75) is 26.4 Å². The van der Waals surface area contributed by atoms with Crippen molar-refractivity contribution in [3.8, 4) is 0 Å². The molecule has 1 N–H and O–H groups in total. The second-order valence-electron chi connectivity index (χ2n) is 3.55. The van der Waals surface area contributed by atoms with Crippen LogP contribution in [0.3, 0.4) is 0 Å². The average Bonchev–Trinajstić information content (AvgIpc) is 2.89. The fourth-order valence-electron chi connectivity index (χ4n) is 1.58. The van der Waals surface area contributed by atoms with Crippen LogP contribution in [0.5, 0.6) is 0 Å². The van der Waals surface area contributed by atoms with Crippen LogP contribution in [0.15, 0.2) is 18.7 Å². The van der Waals surface area contributed by atoms with E-state index in [-0.39, 0.29) is 6.61 Å². The van der Waals surface area contributed by atoms with E-state index < -0.39 is 0 Å². The molecule has 86 valence electrons. The molecule has 0 spiro atoms. The number of aliphatic hydroxyl groups is 1. The molecule has 16 heavy (non-hydrogen) atoms. The topological polar surface area (TPSA) is 68.8 Å². The molecular formula is C10H15N5O. The predicted octanol–water partition coefficient (Wildman–Crippen LogP) is 0.0776. The van der Waals surface area contributed by atoms with E-state index in [2.05, 4.69) is 26.8 Å². The molecule has 6 heteroatoms. The molecule has 0 unspecified atom stereocenters. The fraction of sp³-hybridized carbons (Fsp3) is 0.500. The first-order chi connectivity index (χ1) is 7.83. The highest BCUT2D eigenvalue weighted by Crippen LogP contribution is 2.02. The Morgan fingerprint density at radius 1 is 1.44 bits per heavy atom. The molecule has 0 aromatic carbocycles. The molecule has 2 heterocycles. The standard InChI is InChI=1S/C10H15N5O/c1-2-14-8-11-5-10(14)7-15-6-9(3-4-16)12-13-15/h5-6,8,16H,2-4,7H2,1H3. The van der Waals surface area contributed by atoms with Crippen LogP contribution in [0.25, 0.3) is 0 Å². The van der Waals surface area contributed by atoms with Crippen LogP contribution in [0.2, 0.25) is 0 Å². The minimum absolute atomic E-state index is 0.103. The molecule has 2 aromatic heterocycles. The van der Waals surface area contributed by atoms with Crippen molar-refractivity contribution in [3.05, 3.63) is 30.1 Å². The van der Waals surface area contributed by atoms with E-state index in [1.165, 1.54) is 0 Å². The summed E-state index contributed by atoms with van der Waals surface area (Å²) in [5.41, 5.74) is 1.91. The second kappa shape index (κ2) is 4.89. The highest BCUT2D eigenvalue weighted by molar-refractivity contribution is 5.00. The predicted molar refractivity (Wildman–Crippen MR) is 57.8 cm³/mol. The zero-order valence-electron chi connectivity index (χ0n) is 9.24. The smallest absolute Gasteiger partial charge is 0.0948 e. The van der Waals surface area contributed by atoms with Crippen molar-refractivity contribution in [2.75, 3.05) is 6.61 Å².